The van der Waals surface area contributed by atoms with Crippen molar-refractivity contribution in [3.63, 3.8) is 0 Å². The summed E-state index contributed by atoms with van der Waals surface area (Å²) in [6.07, 6.45) is 5.66. The fraction of sp³-hybridized carbons (Fsp3) is 0.867. The van der Waals surface area contributed by atoms with Crippen molar-refractivity contribution in [1.82, 2.24) is 10.2 Å². The van der Waals surface area contributed by atoms with Crippen LogP contribution in [0.15, 0.2) is 0 Å². The van der Waals surface area contributed by atoms with Crippen molar-refractivity contribution in [1.29, 1.82) is 0 Å². The van der Waals surface area contributed by atoms with Crippen LogP contribution in [0.2, 0.25) is 0 Å². The molecule has 2 fully saturated rings. The van der Waals surface area contributed by atoms with Gasteiger partial charge in [0.15, 0.2) is 5.78 Å². The zero-order chi connectivity index (χ0) is 14.5. The Morgan fingerprint density at radius 2 is 1.95 bits per heavy atom. The quantitative estimate of drug-likeness (QED) is 0.835. The molecule has 5 heteroatoms. The molecule has 1 saturated heterocycles. The lowest BCUT2D eigenvalue weighted by atomic mass is 9.82. The number of carbonyl (C=O) groups excluding carboxylic acids is 2. The number of ketones is 1. The van der Waals surface area contributed by atoms with Gasteiger partial charge in [0.1, 0.15) is 6.04 Å². The van der Waals surface area contributed by atoms with E-state index in [1.54, 1.807) is 6.92 Å². The molecule has 1 N–H and O–H groups in total. The van der Waals surface area contributed by atoms with E-state index in [2.05, 4.69) is 5.32 Å². The Balaban J connectivity index is 1.96. The molecule has 0 bridgehead atoms. The lowest BCUT2D eigenvalue weighted by molar-refractivity contribution is -0.135. The lowest BCUT2D eigenvalue weighted by Gasteiger charge is -2.34. The van der Waals surface area contributed by atoms with Gasteiger partial charge in [-0.2, -0.15) is 0 Å². The number of Topliss-reactive ketones (excluding diaryl/α,β-unsaturated/α-hetero) is 1. The first kappa shape index (κ1) is 15.4. The number of nitrogens with one attached hydrogen (secondary N) is 1. The molecular formula is C15H26N2O3. The van der Waals surface area contributed by atoms with Crippen molar-refractivity contribution in [3.05, 3.63) is 0 Å². The van der Waals surface area contributed by atoms with Gasteiger partial charge in [-0.3, -0.25) is 14.5 Å². The highest BCUT2D eigenvalue weighted by atomic mass is 16.5. The summed E-state index contributed by atoms with van der Waals surface area (Å²) < 4.78 is 5.37. The maximum Gasteiger partial charge on any atom is 0.240 e. The van der Waals surface area contributed by atoms with Gasteiger partial charge in [0, 0.05) is 6.54 Å². The molecule has 114 valence electrons. The minimum atomic E-state index is -0.321. The average Bonchev–Trinajstić information content (AvgIpc) is 2.45. The Bertz CT molecular complexity index is 353. The summed E-state index contributed by atoms with van der Waals surface area (Å²) >= 11 is 0. The summed E-state index contributed by atoms with van der Waals surface area (Å²) in [6, 6.07) is -0.590. The summed E-state index contributed by atoms with van der Waals surface area (Å²) in [5.74, 6) is 0.308. The molecule has 0 spiro atoms. The second-order valence-corrected chi connectivity index (χ2v) is 6.07. The van der Waals surface area contributed by atoms with Crippen molar-refractivity contribution in [2.24, 2.45) is 5.92 Å². The third kappa shape index (κ3) is 3.79. The van der Waals surface area contributed by atoms with Crippen LogP contribution in [0.1, 0.15) is 39.0 Å². The molecule has 0 aromatic rings. The SMILES string of the molecule is CC(=O)[C@@H](NC(=O)[C@@H]1COCCN1C)C1CCCCC1. The van der Waals surface area contributed by atoms with Gasteiger partial charge in [-0.25, -0.2) is 0 Å². The van der Waals surface area contributed by atoms with E-state index >= 15 is 0 Å². The highest BCUT2D eigenvalue weighted by Gasteiger charge is 2.33. The minimum Gasteiger partial charge on any atom is -0.378 e. The first-order valence-corrected chi connectivity index (χ1v) is 7.68. The van der Waals surface area contributed by atoms with Crippen LogP contribution in [0.25, 0.3) is 0 Å². The number of carbonyl (C=O) groups is 2. The van der Waals surface area contributed by atoms with Gasteiger partial charge in [-0.05, 0) is 32.7 Å². The van der Waals surface area contributed by atoms with Crippen molar-refractivity contribution in [2.45, 2.75) is 51.1 Å². The molecular weight excluding hydrogens is 256 g/mol. The summed E-state index contributed by atoms with van der Waals surface area (Å²) in [6.45, 7) is 3.42. The monoisotopic (exact) mass is 282 g/mol. The first-order chi connectivity index (χ1) is 9.59. The number of ether oxygens (including phenoxy) is 1. The van der Waals surface area contributed by atoms with E-state index in [0.717, 1.165) is 32.2 Å². The molecule has 0 aromatic carbocycles. The predicted octanol–water partition coefficient (Wildman–Crippen LogP) is 0.971. The van der Waals surface area contributed by atoms with E-state index in [0.29, 0.717) is 19.1 Å². The molecule has 0 aromatic heterocycles. The van der Waals surface area contributed by atoms with Crippen LogP contribution in [0.4, 0.5) is 0 Å². The van der Waals surface area contributed by atoms with Gasteiger partial charge in [0.05, 0.1) is 19.3 Å². The first-order valence-electron chi connectivity index (χ1n) is 7.68. The molecule has 0 radical (unpaired) electrons. The Kier molecular flexibility index (Phi) is 5.54. The Labute approximate surface area is 121 Å². The van der Waals surface area contributed by atoms with Gasteiger partial charge in [0.25, 0.3) is 0 Å². The van der Waals surface area contributed by atoms with Crippen LogP contribution in [-0.4, -0.2) is 55.5 Å². The number of morpholine rings is 1. The summed E-state index contributed by atoms with van der Waals surface area (Å²) in [5, 5.41) is 2.98. The van der Waals surface area contributed by atoms with Crippen LogP contribution in [0.5, 0.6) is 0 Å². The summed E-state index contributed by atoms with van der Waals surface area (Å²) in [7, 11) is 1.93. The number of hydrogen-bond acceptors (Lipinski definition) is 4. The van der Waals surface area contributed by atoms with Gasteiger partial charge in [-0.1, -0.05) is 19.3 Å². The van der Waals surface area contributed by atoms with E-state index in [1.807, 2.05) is 11.9 Å². The van der Waals surface area contributed by atoms with Crippen LogP contribution < -0.4 is 5.32 Å². The van der Waals surface area contributed by atoms with Crippen molar-refractivity contribution >= 4 is 11.7 Å². The van der Waals surface area contributed by atoms with Gasteiger partial charge in [0.2, 0.25) is 5.91 Å². The molecule has 2 aliphatic rings. The topological polar surface area (TPSA) is 58.6 Å². The van der Waals surface area contributed by atoms with Crippen LogP contribution in [0, 0.1) is 5.92 Å². The van der Waals surface area contributed by atoms with Crippen LogP contribution in [-0.2, 0) is 14.3 Å². The molecule has 20 heavy (non-hydrogen) atoms. The standard InChI is InChI=1S/C15H26N2O3/c1-11(18)14(12-6-4-3-5-7-12)16-15(19)13-10-20-9-8-17(13)2/h12-14H,3-10H2,1-2H3,(H,16,19)/t13-,14+/m0/s1. The molecule has 0 unspecified atom stereocenters. The van der Waals surface area contributed by atoms with Crippen molar-refractivity contribution < 1.29 is 14.3 Å². The number of likely N-dealkylation sites (N-methyl/N-ethyl adjacent to an activating group) is 1. The normalized spacial score (nSPS) is 27.0. The molecule has 1 heterocycles. The minimum absolute atomic E-state index is 0.0713. The highest BCUT2D eigenvalue weighted by Crippen LogP contribution is 2.27. The maximum atomic E-state index is 12.4. The largest absolute Gasteiger partial charge is 0.378 e. The zero-order valence-electron chi connectivity index (χ0n) is 12.6. The average molecular weight is 282 g/mol. The smallest absolute Gasteiger partial charge is 0.240 e. The fourth-order valence-corrected chi connectivity index (χ4v) is 3.23. The third-order valence-corrected chi connectivity index (χ3v) is 4.56. The zero-order valence-corrected chi connectivity index (χ0v) is 12.6. The Morgan fingerprint density at radius 3 is 2.55 bits per heavy atom. The molecule has 1 aliphatic heterocycles. The van der Waals surface area contributed by atoms with Crippen molar-refractivity contribution in [3.8, 4) is 0 Å². The van der Waals surface area contributed by atoms with Gasteiger partial charge < -0.3 is 10.1 Å². The lowest BCUT2D eigenvalue weighted by Crippen LogP contribution is -2.56. The van der Waals surface area contributed by atoms with Crippen LogP contribution >= 0.6 is 0 Å². The second-order valence-electron chi connectivity index (χ2n) is 6.07. The van der Waals surface area contributed by atoms with E-state index in [4.69, 9.17) is 4.74 Å². The Morgan fingerprint density at radius 1 is 1.25 bits per heavy atom. The molecule has 5 nitrogen and oxygen atoms in total. The Hall–Kier alpha value is -0.940. The van der Waals surface area contributed by atoms with Crippen LogP contribution in [0.3, 0.4) is 0 Å². The van der Waals surface area contributed by atoms with Gasteiger partial charge >= 0.3 is 0 Å². The van der Waals surface area contributed by atoms with E-state index < -0.39 is 0 Å². The van der Waals surface area contributed by atoms with E-state index in [-0.39, 0.29) is 23.8 Å². The maximum absolute atomic E-state index is 12.4. The molecule has 2 atom stereocenters. The number of nitrogens with zero attached hydrogens (tertiary/aromatic N) is 1. The third-order valence-electron chi connectivity index (χ3n) is 4.56. The van der Waals surface area contributed by atoms with Gasteiger partial charge in [-0.15, -0.1) is 0 Å². The molecule has 1 amide bonds. The van der Waals surface area contributed by atoms with E-state index in [1.165, 1.54) is 6.42 Å². The molecule has 2 rings (SSSR count). The predicted molar refractivity (Wildman–Crippen MR) is 76.4 cm³/mol. The highest BCUT2D eigenvalue weighted by molar-refractivity contribution is 5.90. The fourth-order valence-electron chi connectivity index (χ4n) is 3.23. The number of rotatable bonds is 4. The number of hydrogen-bond donors (Lipinski definition) is 1. The van der Waals surface area contributed by atoms with Crippen molar-refractivity contribution in [2.75, 3.05) is 26.8 Å². The summed E-state index contributed by atoms with van der Waals surface area (Å²) in [5.41, 5.74) is 0. The molecule has 1 saturated carbocycles. The summed E-state index contributed by atoms with van der Waals surface area (Å²) in [4.78, 5) is 26.3. The van der Waals surface area contributed by atoms with E-state index in [9.17, 15) is 9.59 Å². The molecule has 1 aliphatic carbocycles. The number of amides is 1. The second kappa shape index (κ2) is 7.18.